The van der Waals surface area contributed by atoms with E-state index < -0.39 is 0 Å². The summed E-state index contributed by atoms with van der Waals surface area (Å²) in [4.78, 5) is 0. The molecule has 0 aliphatic rings. The SMILES string of the molecule is Cc1cc(Nc2cccc(OC(C)C)c2N)ccc1Br. The molecular formula is C16H19BrN2O. The van der Waals surface area contributed by atoms with Crippen LogP contribution in [0.2, 0.25) is 0 Å². The molecule has 0 unspecified atom stereocenters. The number of aryl methyl sites for hydroxylation is 1. The largest absolute Gasteiger partial charge is 0.489 e. The van der Waals surface area contributed by atoms with Crippen LogP contribution in [0.1, 0.15) is 19.4 Å². The van der Waals surface area contributed by atoms with Gasteiger partial charge in [-0.3, -0.25) is 0 Å². The molecular weight excluding hydrogens is 316 g/mol. The van der Waals surface area contributed by atoms with Crippen LogP contribution in [0.25, 0.3) is 0 Å². The lowest BCUT2D eigenvalue weighted by atomic mass is 10.2. The predicted octanol–water partition coefficient (Wildman–Crippen LogP) is 4.87. The fraction of sp³-hybridized carbons (Fsp3) is 0.250. The van der Waals surface area contributed by atoms with E-state index in [-0.39, 0.29) is 6.10 Å². The van der Waals surface area contributed by atoms with Gasteiger partial charge in [-0.2, -0.15) is 0 Å². The molecule has 0 amide bonds. The average molecular weight is 335 g/mol. The van der Waals surface area contributed by atoms with Crippen molar-refractivity contribution in [3.63, 3.8) is 0 Å². The first-order valence-electron chi connectivity index (χ1n) is 6.55. The van der Waals surface area contributed by atoms with Gasteiger partial charge in [0.15, 0.2) is 0 Å². The molecule has 0 spiro atoms. The summed E-state index contributed by atoms with van der Waals surface area (Å²) in [6, 6.07) is 11.9. The van der Waals surface area contributed by atoms with Crippen molar-refractivity contribution in [3.8, 4) is 5.75 Å². The van der Waals surface area contributed by atoms with Crippen molar-refractivity contribution in [1.82, 2.24) is 0 Å². The Labute approximate surface area is 128 Å². The molecule has 0 aliphatic carbocycles. The van der Waals surface area contributed by atoms with E-state index in [2.05, 4.69) is 34.2 Å². The zero-order chi connectivity index (χ0) is 14.7. The molecule has 0 aromatic heterocycles. The third-order valence-corrected chi connectivity index (χ3v) is 3.76. The third kappa shape index (κ3) is 3.45. The smallest absolute Gasteiger partial charge is 0.144 e. The van der Waals surface area contributed by atoms with Crippen molar-refractivity contribution in [3.05, 3.63) is 46.4 Å². The molecule has 3 nitrogen and oxygen atoms in total. The zero-order valence-electron chi connectivity index (χ0n) is 11.9. The van der Waals surface area contributed by atoms with E-state index in [0.29, 0.717) is 11.4 Å². The van der Waals surface area contributed by atoms with Crippen molar-refractivity contribution in [2.45, 2.75) is 26.9 Å². The van der Waals surface area contributed by atoms with E-state index in [0.717, 1.165) is 15.8 Å². The molecule has 0 saturated heterocycles. The van der Waals surface area contributed by atoms with Crippen molar-refractivity contribution >= 4 is 33.0 Å². The van der Waals surface area contributed by atoms with Crippen LogP contribution in [0.15, 0.2) is 40.9 Å². The Morgan fingerprint density at radius 3 is 2.60 bits per heavy atom. The van der Waals surface area contributed by atoms with Crippen LogP contribution in [-0.4, -0.2) is 6.10 Å². The van der Waals surface area contributed by atoms with Crippen LogP contribution in [0, 0.1) is 6.92 Å². The number of hydrogen-bond acceptors (Lipinski definition) is 3. The second kappa shape index (κ2) is 6.18. The number of rotatable bonds is 4. The second-order valence-corrected chi connectivity index (χ2v) is 5.83. The number of nitrogen functional groups attached to an aromatic ring is 1. The normalized spacial score (nSPS) is 10.7. The lowest BCUT2D eigenvalue weighted by Crippen LogP contribution is -2.08. The topological polar surface area (TPSA) is 47.3 Å². The lowest BCUT2D eigenvalue weighted by molar-refractivity contribution is 0.244. The molecule has 2 aromatic carbocycles. The fourth-order valence-corrected chi connectivity index (χ4v) is 2.13. The van der Waals surface area contributed by atoms with Gasteiger partial charge in [-0.15, -0.1) is 0 Å². The van der Waals surface area contributed by atoms with E-state index in [4.69, 9.17) is 10.5 Å². The summed E-state index contributed by atoms with van der Waals surface area (Å²) in [6.07, 6.45) is 0.0995. The summed E-state index contributed by atoms with van der Waals surface area (Å²) in [5.74, 6) is 0.707. The first-order valence-corrected chi connectivity index (χ1v) is 7.35. The Bertz CT molecular complexity index is 611. The third-order valence-electron chi connectivity index (χ3n) is 2.87. The van der Waals surface area contributed by atoms with E-state index in [1.807, 2.05) is 44.2 Å². The van der Waals surface area contributed by atoms with Crippen LogP contribution in [0.3, 0.4) is 0 Å². The lowest BCUT2D eigenvalue weighted by Gasteiger charge is -2.16. The minimum atomic E-state index is 0.0995. The number of nitrogens with one attached hydrogen (secondary N) is 1. The van der Waals surface area contributed by atoms with Crippen molar-refractivity contribution in [2.24, 2.45) is 0 Å². The van der Waals surface area contributed by atoms with E-state index >= 15 is 0 Å². The quantitative estimate of drug-likeness (QED) is 0.784. The van der Waals surface area contributed by atoms with E-state index in [9.17, 15) is 0 Å². The monoisotopic (exact) mass is 334 g/mol. The number of para-hydroxylation sites is 1. The van der Waals surface area contributed by atoms with E-state index in [1.165, 1.54) is 5.56 Å². The molecule has 2 aromatic rings. The average Bonchev–Trinajstić information content (AvgIpc) is 2.38. The Morgan fingerprint density at radius 1 is 1.20 bits per heavy atom. The summed E-state index contributed by atoms with van der Waals surface area (Å²) < 4.78 is 6.78. The van der Waals surface area contributed by atoms with Gasteiger partial charge in [-0.05, 0) is 56.7 Å². The summed E-state index contributed by atoms with van der Waals surface area (Å²) in [5.41, 5.74) is 9.80. The maximum absolute atomic E-state index is 6.15. The standard InChI is InChI=1S/C16H19BrN2O/c1-10(2)20-15-6-4-5-14(16(15)18)19-12-7-8-13(17)11(3)9-12/h4-10,19H,18H2,1-3H3. The summed E-state index contributed by atoms with van der Waals surface area (Å²) in [5, 5.41) is 3.33. The van der Waals surface area contributed by atoms with Gasteiger partial charge in [-0.1, -0.05) is 22.0 Å². The number of ether oxygens (including phenoxy) is 1. The highest BCUT2D eigenvalue weighted by molar-refractivity contribution is 9.10. The fourth-order valence-electron chi connectivity index (χ4n) is 1.89. The summed E-state index contributed by atoms with van der Waals surface area (Å²) in [7, 11) is 0. The van der Waals surface area contributed by atoms with Gasteiger partial charge in [0, 0.05) is 10.2 Å². The van der Waals surface area contributed by atoms with Gasteiger partial charge in [0.2, 0.25) is 0 Å². The molecule has 3 N–H and O–H groups in total. The zero-order valence-corrected chi connectivity index (χ0v) is 13.5. The Hall–Kier alpha value is -1.68. The Kier molecular flexibility index (Phi) is 4.55. The Balaban J connectivity index is 2.27. The van der Waals surface area contributed by atoms with Gasteiger partial charge < -0.3 is 15.8 Å². The highest BCUT2D eigenvalue weighted by Crippen LogP contribution is 2.32. The van der Waals surface area contributed by atoms with Gasteiger partial charge >= 0.3 is 0 Å². The first-order chi connectivity index (χ1) is 9.47. The number of benzene rings is 2. The molecule has 106 valence electrons. The molecule has 0 atom stereocenters. The first kappa shape index (κ1) is 14.7. The van der Waals surface area contributed by atoms with Crippen molar-refractivity contribution < 1.29 is 4.74 Å². The summed E-state index contributed by atoms with van der Waals surface area (Å²) in [6.45, 7) is 6.02. The molecule has 0 bridgehead atoms. The van der Waals surface area contributed by atoms with Crippen LogP contribution in [0.4, 0.5) is 17.1 Å². The maximum atomic E-state index is 6.15. The molecule has 0 fully saturated rings. The molecule has 4 heteroatoms. The number of hydrogen-bond donors (Lipinski definition) is 2. The highest BCUT2D eigenvalue weighted by Gasteiger charge is 2.08. The number of halogens is 1. The predicted molar refractivity (Wildman–Crippen MR) is 88.8 cm³/mol. The van der Waals surface area contributed by atoms with Gasteiger partial charge in [-0.25, -0.2) is 0 Å². The van der Waals surface area contributed by atoms with Crippen LogP contribution in [-0.2, 0) is 0 Å². The second-order valence-electron chi connectivity index (χ2n) is 4.97. The van der Waals surface area contributed by atoms with Gasteiger partial charge in [0.1, 0.15) is 5.75 Å². The van der Waals surface area contributed by atoms with Crippen LogP contribution in [0.5, 0.6) is 5.75 Å². The summed E-state index contributed by atoms with van der Waals surface area (Å²) >= 11 is 3.50. The van der Waals surface area contributed by atoms with E-state index in [1.54, 1.807) is 0 Å². The van der Waals surface area contributed by atoms with Gasteiger partial charge in [0.25, 0.3) is 0 Å². The molecule has 2 rings (SSSR count). The minimum absolute atomic E-state index is 0.0995. The minimum Gasteiger partial charge on any atom is -0.489 e. The molecule has 0 saturated carbocycles. The maximum Gasteiger partial charge on any atom is 0.144 e. The molecule has 0 radical (unpaired) electrons. The molecule has 20 heavy (non-hydrogen) atoms. The number of nitrogens with two attached hydrogens (primary N) is 1. The van der Waals surface area contributed by atoms with Crippen LogP contribution < -0.4 is 15.8 Å². The number of anilines is 3. The molecule has 0 aliphatic heterocycles. The van der Waals surface area contributed by atoms with Gasteiger partial charge in [0.05, 0.1) is 17.5 Å². The van der Waals surface area contributed by atoms with Crippen molar-refractivity contribution in [1.29, 1.82) is 0 Å². The highest BCUT2D eigenvalue weighted by atomic mass is 79.9. The Morgan fingerprint density at radius 2 is 1.95 bits per heavy atom. The van der Waals surface area contributed by atoms with Crippen LogP contribution >= 0.6 is 15.9 Å². The molecule has 0 heterocycles. The van der Waals surface area contributed by atoms with Crippen molar-refractivity contribution in [2.75, 3.05) is 11.1 Å².